The summed E-state index contributed by atoms with van der Waals surface area (Å²) in [4.78, 5) is 5.33. The molecule has 0 aliphatic carbocycles. The fourth-order valence-corrected chi connectivity index (χ4v) is 3.33. The van der Waals surface area contributed by atoms with Crippen LogP contribution in [0, 0.1) is 6.92 Å². The summed E-state index contributed by atoms with van der Waals surface area (Å²) >= 11 is 1.76. The lowest BCUT2D eigenvalue weighted by Crippen LogP contribution is -2.36. The second kappa shape index (κ2) is 5.34. The first kappa shape index (κ1) is 13.3. The van der Waals surface area contributed by atoms with Gasteiger partial charge in [-0.05, 0) is 30.7 Å². The van der Waals surface area contributed by atoms with Crippen LogP contribution in [-0.2, 0) is 0 Å². The van der Waals surface area contributed by atoms with E-state index in [9.17, 15) is 0 Å². The van der Waals surface area contributed by atoms with Crippen LogP contribution in [0.3, 0.4) is 0 Å². The minimum atomic E-state index is -0.275. The van der Waals surface area contributed by atoms with Gasteiger partial charge in [-0.3, -0.25) is 0 Å². The molecule has 2 atom stereocenters. The van der Waals surface area contributed by atoms with Gasteiger partial charge in [-0.15, -0.1) is 11.8 Å². The molecule has 0 saturated heterocycles. The smallest absolute Gasteiger partial charge is 0.133 e. The average molecular weight is 287 g/mol. The Hall–Kier alpha value is -1.72. The second-order valence-corrected chi connectivity index (χ2v) is 5.99. The van der Waals surface area contributed by atoms with Crippen molar-refractivity contribution in [1.29, 1.82) is 0 Å². The normalized spacial score (nSPS) is 19.0. The topological polar surface area (TPSA) is 74.2 Å². The van der Waals surface area contributed by atoms with Gasteiger partial charge in [0, 0.05) is 22.4 Å². The molecule has 4 N–H and O–H groups in total. The predicted octanol–water partition coefficient (Wildman–Crippen LogP) is 2.53. The maximum Gasteiger partial charge on any atom is 0.133 e. The van der Waals surface area contributed by atoms with Crippen LogP contribution in [-0.4, -0.2) is 16.8 Å². The number of ether oxygens (including phenoxy) is 1. The molecule has 20 heavy (non-hydrogen) atoms. The number of thioether (sulfide) groups is 1. The molecule has 2 aromatic rings. The first-order chi connectivity index (χ1) is 9.65. The summed E-state index contributed by atoms with van der Waals surface area (Å²) in [6.07, 6.45) is 1.65. The van der Waals surface area contributed by atoms with Gasteiger partial charge in [0.1, 0.15) is 17.7 Å². The molecule has 1 aliphatic heterocycles. The third-order valence-corrected chi connectivity index (χ3v) is 4.52. The minimum Gasteiger partial charge on any atom is -0.486 e. The Balaban J connectivity index is 1.85. The van der Waals surface area contributed by atoms with Crippen molar-refractivity contribution >= 4 is 17.6 Å². The first-order valence-electron chi connectivity index (χ1n) is 6.51. The van der Waals surface area contributed by atoms with Gasteiger partial charge in [-0.1, -0.05) is 12.1 Å². The third-order valence-electron chi connectivity index (χ3n) is 3.38. The Labute approximate surface area is 122 Å². The van der Waals surface area contributed by atoms with Crippen molar-refractivity contribution in [3.63, 3.8) is 0 Å². The molecule has 5 heteroatoms. The molecule has 0 fully saturated rings. The van der Waals surface area contributed by atoms with Crippen molar-refractivity contribution in [3.8, 4) is 5.75 Å². The molecular formula is C15H17N3OS. The number of nitrogens with two attached hydrogens (primary N) is 2. The molecular weight excluding hydrogens is 270 g/mol. The molecule has 4 nitrogen and oxygen atoms in total. The van der Waals surface area contributed by atoms with Crippen LogP contribution in [0.4, 0.5) is 5.82 Å². The molecule has 0 radical (unpaired) electrons. The number of benzene rings is 1. The largest absolute Gasteiger partial charge is 0.486 e. The van der Waals surface area contributed by atoms with Crippen molar-refractivity contribution in [2.45, 2.75) is 24.0 Å². The number of nitrogens with zero attached hydrogens (tertiary/aromatic N) is 1. The summed E-state index contributed by atoms with van der Waals surface area (Å²) in [5.74, 6) is 2.19. The molecule has 0 saturated carbocycles. The van der Waals surface area contributed by atoms with E-state index in [1.165, 1.54) is 0 Å². The van der Waals surface area contributed by atoms with Crippen LogP contribution in [0.1, 0.15) is 17.2 Å². The van der Waals surface area contributed by atoms with E-state index in [0.717, 1.165) is 27.5 Å². The maximum atomic E-state index is 6.34. The molecule has 104 valence electrons. The molecule has 3 rings (SSSR count). The number of aromatic nitrogens is 1. The van der Waals surface area contributed by atoms with Gasteiger partial charge in [-0.25, -0.2) is 4.98 Å². The monoisotopic (exact) mass is 287 g/mol. The second-order valence-electron chi connectivity index (χ2n) is 4.93. The van der Waals surface area contributed by atoms with E-state index < -0.39 is 0 Å². The number of hydrogen-bond acceptors (Lipinski definition) is 5. The Morgan fingerprint density at radius 3 is 3.05 bits per heavy atom. The molecule has 1 aromatic carbocycles. The van der Waals surface area contributed by atoms with Crippen molar-refractivity contribution < 1.29 is 4.74 Å². The highest BCUT2D eigenvalue weighted by Crippen LogP contribution is 2.38. The maximum absolute atomic E-state index is 6.34. The van der Waals surface area contributed by atoms with E-state index in [1.54, 1.807) is 18.0 Å². The lowest BCUT2D eigenvalue weighted by Gasteiger charge is -2.30. The molecule has 1 aromatic heterocycles. The first-order valence-corrected chi connectivity index (χ1v) is 7.50. The van der Waals surface area contributed by atoms with E-state index in [4.69, 9.17) is 16.2 Å². The molecule has 2 heterocycles. The standard InChI is InChI=1S/C15H17N3OS/c1-9-6-10(15(17)18-7-9)14(16)12-8-20-13-5-3-2-4-11(13)19-12/h2-7,12,14H,8,16H2,1H3,(H2,17,18). The van der Waals surface area contributed by atoms with Gasteiger partial charge in [-0.2, -0.15) is 0 Å². The van der Waals surface area contributed by atoms with E-state index in [1.807, 2.05) is 31.2 Å². The quantitative estimate of drug-likeness (QED) is 0.888. The number of hydrogen-bond donors (Lipinski definition) is 2. The summed E-state index contributed by atoms with van der Waals surface area (Å²) in [5.41, 5.74) is 14.2. The lowest BCUT2D eigenvalue weighted by atomic mass is 10.0. The van der Waals surface area contributed by atoms with Gasteiger partial charge in [0.05, 0.1) is 6.04 Å². The number of nitrogen functional groups attached to an aromatic ring is 1. The van der Waals surface area contributed by atoms with Gasteiger partial charge < -0.3 is 16.2 Å². The van der Waals surface area contributed by atoms with Gasteiger partial charge in [0.25, 0.3) is 0 Å². The van der Waals surface area contributed by atoms with Crippen molar-refractivity contribution in [2.75, 3.05) is 11.5 Å². The van der Waals surface area contributed by atoms with Crippen LogP contribution in [0.15, 0.2) is 41.4 Å². The van der Waals surface area contributed by atoms with Gasteiger partial charge in [0.15, 0.2) is 0 Å². The summed E-state index contributed by atoms with van der Waals surface area (Å²) in [6, 6.07) is 9.72. The predicted molar refractivity (Wildman–Crippen MR) is 81.9 cm³/mol. The number of anilines is 1. The SMILES string of the molecule is Cc1cnc(N)c(C(N)C2CSc3ccccc3O2)c1. The lowest BCUT2D eigenvalue weighted by molar-refractivity contribution is 0.185. The van der Waals surface area contributed by atoms with Gasteiger partial charge in [0.2, 0.25) is 0 Å². The van der Waals surface area contributed by atoms with E-state index in [2.05, 4.69) is 11.1 Å². The highest BCUT2D eigenvalue weighted by Gasteiger charge is 2.28. The molecule has 0 bridgehead atoms. The average Bonchev–Trinajstić information content (AvgIpc) is 2.48. The van der Waals surface area contributed by atoms with Gasteiger partial charge >= 0.3 is 0 Å². The highest BCUT2D eigenvalue weighted by molar-refractivity contribution is 7.99. The summed E-state index contributed by atoms with van der Waals surface area (Å²) in [5, 5.41) is 0. The number of aryl methyl sites for hydroxylation is 1. The van der Waals surface area contributed by atoms with Crippen LogP contribution in [0.25, 0.3) is 0 Å². The van der Waals surface area contributed by atoms with Crippen LogP contribution in [0.5, 0.6) is 5.75 Å². The zero-order valence-electron chi connectivity index (χ0n) is 11.2. The van der Waals surface area contributed by atoms with E-state index in [-0.39, 0.29) is 12.1 Å². The Bertz CT molecular complexity index is 632. The zero-order chi connectivity index (χ0) is 14.1. The molecule has 2 unspecified atom stereocenters. The highest BCUT2D eigenvalue weighted by atomic mass is 32.2. The molecule has 0 amide bonds. The summed E-state index contributed by atoms with van der Waals surface area (Å²) in [6.45, 7) is 1.98. The van der Waals surface area contributed by atoms with Crippen LogP contribution < -0.4 is 16.2 Å². The Morgan fingerprint density at radius 1 is 1.40 bits per heavy atom. The third kappa shape index (κ3) is 2.46. The minimum absolute atomic E-state index is 0.0965. The fraction of sp³-hybridized carbons (Fsp3) is 0.267. The molecule has 1 aliphatic rings. The number of rotatable bonds is 2. The van der Waals surface area contributed by atoms with Crippen molar-refractivity contribution in [3.05, 3.63) is 47.7 Å². The van der Waals surface area contributed by atoms with Crippen molar-refractivity contribution in [1.82, 2.24) is 4.98 Å². The van der Waals surface area contributed by atoms with E-state index >= 15 is 0 Å². The zero-order valence-corrected chi connectivity index (χ0v) is 12.1. The molecule has 0 spiro atoms. The van der Waals surface area contributed by atoms with Crippen LogP contribution in [0.2, 0.25) is 0 Å². The number of para-hydroxylation sites is 1. The fourth-order valence-electron chi connectivity index (χ4n) is 2.28. The number of fused-ring (bicyclic) bond motifs is 1. The van der Waals surface area contributed by atoms with E-state index in [0.29, 0.717) is 5.82 Å². The Morgan fingerprint density at radius 2 is 2.20 bits per heavy atom. The Kier molecular flexibility index (Phi) is 3.54. The summed E-state index contributed by atoms with van der Waals surface area (Å²) < 4.78 is 6.01. The van der Waals surface area contributed by atoms with Crippen molar-refractivity contribution in [2.24, 2.45) is 5.73 Å². The van der Waals surface area contributed by atoms with Crippen LogP contribution >= 0.6 is 11.8 Å². The summed E-state index contributed by atoms with van der Waals surface area (Å²) in [7, 11) is 0. The number of pyridine rings is 1.